The molecule has 0 spiro atoms. The normalized spacial score (nSPS) is 13.8. The van der Waals surface area contributed by atoms with E-state index in [9.17, 15) is 0 Å². The van der Waals surface area contributed by atoms with Crippen LogP contribution in [0.4, 0.5) is 11.5 Å². The van der Waals surface area contributed by atoms with Crippen LogP contribution in [0.2, 0.25) is 5.15 Å². The van der Waals surface area contributed by atoms with Crippen molar-refractivity contribution in [3.63, 3.8) is 0 Å². The van der Waals surface area contributed by atoms with Crippen molar-refractivity contribution in [3.05, 3.63) is 77.8 Å². The Hall–Kier alpha value is -3.66. The number of ether oxygens (including phenoxy) is 1. The van der Waals surface area contributed by atoms with Gasteiger partial charge in [0.1, 0.15) is 17.9 Å². The van der Waals surface area contributed by atoms with Gasteiger partial charge in [0, 0.05) is 28.8 Å². The number of aromatic nitrogens is 3. The Bertz CT molecular complexity index is 1320. The molecule has 0 radical (unpaired) electrons. The zero-order chi connectivity index (χ0) is 22.5. The highest BCUT2D eigenvalue weighted by Gasteiger charge is 2.10. The molecule has 7 heteroatoms. The van der Waals surface area contributed by atoms with Crippen molar-refractivity contribution in [1.82, 2.24) is 20.3 Å². The summed E-state index contributed by atoms with van der Waals surface area (Å²) in [5, 5.41) is 8.01. The fourth-order valence-corrected chi connectivity index (χ4v) is 3.86. The lowest BCUT2D eigenvalue weighted by atomic mass is 9.98. The fourth-order valence-electron chi connectivity index (χ4n) is 3.70. The summed E-state index contributed by atoms with van der Waals surface area (Å²) >= 11 is 6.07. The minimum Gasteiger partial charge on any atom is -0.454 e. The van der Waals surface area contributed by atoms with Gasteiger partial charge in [-0.3, -0.25) is 0 Å². The van der Waals surface area contributed by atoms with Crippen LogP contribution in [0.3, 0.4) is 0 Å². The Labute approximate surface area is 197 Å². The van der Waals surface area contributed by atoms with Crippen molar-refractivity contribution in [2.45, 2.75) is 12.8 Å². The summed E-state index contributed by atoms with van der Waals surface area (Å²) in [5.74, 6) is 9.12. The van der Waals surface area contributed by atoms with Gasteiger partial charge >= 0.3 is 0 Å². The Morgan fingerprint density at radius 3 is 2.67 bits per heavy atom. The largest absolute Gasteiger partial charge is 0.454 e. The third-order valence-electron chi connectivity index (χ3n) is 5.46. The van der Waals surface area contributed by atoms with Gasteiger partial charge in [0.25, 0.3) is 0 Å². The van der Waals surface area contributed by atoms with Crippen LogP contribution in [-0.4, -0.2) is 28.0 Å². The van der Waals surface area contributed by atoms with E-state index < -0.39 is 0 Å². The van der Waals surface area contributed by atoms with E-state index >= 15 is 0 Å². The first-order valence-corrected chi connectivity index (χ1v) is 11.2. The summed E-state index contributed by atoms with van der Waals surface area (Å²) in [6, 6.07) is 17.2. The molecule has 33 heavy (non-hydrogen) atoms. The minimum atomic E-state index is 0.325. The number of pyridine rings is 1. The summed E-state index contributed by atoms with van der Waals surface area (Å²) in [6.07, 6.45) is 5.39. The van der Waals surface area contributed by atoms with Crippen molar-refractivity contribution in [1.29, 1.82) is 0 Å². The highest BCUT2D eigenvalue weighted by atomic mass is 35.5. The van der Waals surface area contributed by atoms with Gasteiger partial charge in [0.2, 0.25) is 0 Å². The zero-order valence-electron chi connectivity index (χ0n) is 17.9. The molecule has 4 aromatic rings. The molecule has 2 aromatic heterocycles. The lowest BCUT2D eigenvalue weighted by Gasteiger charge is -2.17. The second-order valence-corrected chi connectivity index (χ2v) is 8.15. The predicted octanol–water partition coefficient (Wildman–Crippen LogP) is 5.57. The van der Waals surface area contributed by atoms with Crippen LogP contribution in [0.15, 0.2) is 67.1 Å². The molecule has 0 saturated carbocycles. The van der Waals surface area contributed by atoms with Gasteiger partial charge in [0.05, 0.1) is 5.52 Å². The molecule has 5 rings (SSSR count). The summed E-state index contributed by atoms with van der Waals surface area (Å²) in [4.78, 5) is 12.9. The molecule has 1 aliphatic heterocycles. The first-order chi connectivity index (χ1) is 16.2. The first-order valence-electron chi connectivity index (χ1n) is 10.9. The van der Waals surface area contributed by atoms with E-state index in [2.05, 4.69) is 37.4 Å². The van der Waals surface area contributed by atoms with Crippen molar-refractivity contribution in [2.24, 2.45) is 5.92 Å². The van der Waals surface area contributed by atoms with Gasteiger partial charge in [-0.15, -0.1) is 0 Å². The van der Waals surface area contributed by atoms with Crippen LogP contribution < -0.4 is 15.4 Å². The fraction of sp³-hybridized carbons (Fsp3) is 0.192. The Balaban J connectivity index is 1.35. The van der Waals surface area contributed by atoms with Gasteiger partial charge in [-0.1, -0.05) is 23.4 Å². The topological polar surface area (TPSA) is 72.0 Å². The maximum absolute atomic E-state index is 6.07. The second-order valence-electron chi connectivity index (χ2n) is 7.79. The molecule has 1 aliphatic rings. The van der Waals surface area contributed by atoms with E-state index in [1.165, 1.54) is 0 Å². The van der Waals surface area contributed by atoms with Gasteiger partial charge in [-0.2, -0.15) is 0 Å². The van der Waals surface area contributed by atoms with Crippen LogP contribution >= 0.6 is 11.6 Å². The Kier molecular flexibility index (Phi) is 6.34. The molecule has 2 aromatic carbocycles. The predicted molar refractivity (Wildman–Crippen MR) is 131 cm³/mol. The monoisotopic (exact) mass is 455 g/mol. The summed E-state index contributed by atoms with van der Waals surface area (Å²) < 4.78 is 5.81. The summed E-state index contributed by atoms with van der Waals surface area (Å²) in [6.45, 7) is 2.08. The molecule has 6 nitrogen and oxygen atoms in total. The SMILES string of the molecule is Clc1ncccc1Oc1ccc(Nc2ncnc3ccc(C#CC4CCNCC4)cc23)cc1. The van der Waals surface area contributed by atoms with E-state index in [1.807, 2.05) is 42.5 Å². The smallest absolute Gasteiger partial charge is 0.171 e. The lowest BCUT2D eigenvalue weighted by molar-refractivity contribution is 0.447. The highest BCUT2D eigenvalue weighted by Crippen LogP contribution is 2.29. The molecule has 0 unspecified atom stereocenters. The quantitative estimate of drug-likeness (QED) is 0.310. The number of anilines is 2. The van der Waals surface area contributed by atoms with E-state index in [0.717, 1.165) is 53.9 Å². The zero-order valence-corrected chi connectivity index (χ0v) is 18.6. The number of nitrogens with zero attached hydrogens (tertiary/aromatic N) is 3. The number of halogens is 1. The van der Waals surface area contributed by atoms with Crippen LogP contribution in [-0.2, 0) is 0 Å². The van der Waals surface area contributed by atoms with E-state index in [1.54, 1.807) is 24.7 Å². The van der Waals surface area contributed by atoms with Crippen LogP contribution in [0.1, 0.15) is 18.4 Å². The maximum Gasteiger partial charge on any atom is 0.171 e. The van der Waals surface area contributed by atoms with Crippen molar-refractivity contribution >= 4 is 34.0 Å². The molecule has 1 fully saturated rings. The molecule has 164 valence electrons. The number of benzene rings is 2. The van der Waals surface area contributed by atoms with Gasteiger partial charge in [0.15, 0.2) is 10.9 Å². The minimum absolute atomic E-state index is 0.325. The number of rotatable bonds is 4. The summed E-state index contributed by atoms with van der Waals surface area (Å²) in [7, 11) is 0. The lowest BCUT2D eigenvalue weighted by Crippen LogP contribution is -2.26. The third-order valence-corrected chi connectivity index (χ3v) is 5.75. The van der Waals surface area contributed by atoms with Crippen LogP contribution in [0.5, 0.6) is 11.5 Å². The van der Waals surface area contributed by atoms with Crippen molar-refractivity contribution < 1.29 is 4.74 Å². The number of hydrogen-bond acceptors (Lipinski definition) is 6. The number of nitrogens with one attached hydrogen (secondary N) is 2. The molecule has 0 bridgehead atoms. The molecule has 3 heterocycles. The molecule has 0 amide bonds. The van der Waals surface area contributed by atoms with E-state index in [0.29, 0.717) is 22.6 Å². The van der Waals surface area contributed by atoms with Gasteiger partial charge < -0.3 is 15.4 Å². The Morgan fingerprint density at radius 1 is 1.00 bits per heavy atom. The molecule has 2 N–H and O–H groups in total. The molecule has 0 atom stereocenters. The number of fused-ring (bicyclic) bond motifs is 1. The van der Waals surface area contributed by atoms with Gasteiger partial charge in [-0.05, 0) is 80.5 Å². The first kappa shape index (κ1) is 21.2. The molecular formula is C26H22ClN5O. The molecule has 1 saturated heterocycles. The average Bonchev–Trinajstić information content (AvgIpc) is 2.86. The Morgan fingerprint density at radius 2 is 1.85 bits per heavy atom. The number of piperidine rings is 1. The van der Waals surface area contributed by atoms with Crippen LogP contribution in [0, 0.1) is 17.8 Å². The maximum atomic E-state index is 6.07. The van der Waals surface area contributed by atoms with E-state index in [4.69, 9.17) is 16.3 Å². The summed E-state index contributed by atoms with van der Waals surface area (Å²) in [5.41, 5.74) is 2.72. The van der Waals surface area contributed by atoms with E-state index in [-0.39, 0.29) is 0 Å². The highest BCUT2D eigenvalue weighted by molar-refractivity contribution is 6.30. The van der Waals surface area contributed by atoms with Crippen LogP contribution in [0.25, 0.3) is 10.9 Å². The third kappa shape index (κ3) is 5.23. The second kappa shape index (κ2) is 9.86. The van der Waals surface area contributed by atoms with Crippen molar-refractivity contribution in [3.8, 4) is 23.3 Å². The molecular weight excluding hydrogens is 434 g/mol. The number of hydrogen-bond donors (Lipinski definition) is 2. The average molecular weight is 456 g/mol. The van der Waals surface area contributed by atoms with Crippen molar-refractivity contribution in [2.75, 3.05) is 18.4 Å². The van der Waals surface area contributed by atoms with Gasteiger partial charge in [-0.25, -0.2) is 15.0 Å². The molecule has 0 aliphatic carbocycles. The standard InChI is InChI=1S/C26H22ClN5O/c27-25-24(2-1-13-29-25)33-21-8-6-20(7-9-21)32-26-22-16-19(5-10-23(22)30-17-31-26)4-3-18-11-14-28-15-12-18/h1-2,5-10,13,16-18,28H,11-12,14-15H2,(H,30,31,32).